The molecule has 416 valence electrons. The van der Waals surface area contributed by atoms with Gasteiger partial charge in [-0.1, -0.05) is 16.2 Å². The molecule has 41 heteroatoms. The van der Waals surface area contributed by atoms with E-state index in [1.165, 1.54) is 6.08 Å². The minimum Gasteiger partial charge on any atom is -0.479 e. The van der Waals surface area contributed by atoms with Gasteiger partial charge in [-0.05, 0) is 0 Å². The summed E-state index contributed by atoms with van der Waals surface area (Å²) >= 11 is -0.480. The van der Waals surface area contributed by atoms with Crippen LogP contribution in [-0.4, -0.2) is 238 Å². The zero-order valence-corrected chi connectivity index (χ0v) is 39.6. The Morgan fingerprint density at radius 3 is 1.42 bits per heavy atom. The molecule has 37 nitrogen and oxygen atoms in total. The molecule has 0 saturated carbocycles. The van der Waals surface area contributed by atoms with E-state index in [1.807, 2.05) is 0 Å². The van der Waals surface area contributed by atoms with Crippen molar-refractivity contribution in [3.63, 3.8) is 0 Å². The van der Waals surface area contributed by atoms with E-state index in [0.29, 0.717) is 0 Å². The van der Waals surface area contributed by atoms with Crippen LogP contribution in [0.2, 0.25) is 0 Å². The molecule has 4 saturated heterocycles. The first-order chi connectivity index (χ1) is 33.7. The van der Waals surface area contributed by atoms with Crippen LogP contribution in [0.15, 0.2) is 12.7 Å². The first kappa shape index (κ1) is 61.8. The number of amides is 2. The highest BCUT2D eigenvalue weighted by molar-refractivity contribution is 7.90. The van der Waals surface area contributed by atoms with Crippen LogP contribution in [0.4, 0.5) is 0 Å². The third-order valence-corrected chi connectivity index (χ3v) is 11.8. The number of rotatable bonds is 27. The van der Waals surface area contributed by atoms with Crippen LogP contribution in [0.1, 0.15) is 13.8 Å². The Hall–Kier alpha value is -2.78. The Kier molecular flexibility index (Phi) is 23.9. The number of aliphatic hydroxyl groups excluding tert-OH is 5. The van der Waals surface area contributed by atoms with E-state index in [0.717, 1.165) is 13.8 Å². The molecular formula is C31H48N2O35S4. The number of aliphatic hydroxyl groups is 5. The fourth-order valence-electron chi connectivity index (χ4n) is 7.21. The lowest BCUT2D eigenvalue weighted by Gasteiger charge is -2.50. The molecule has 4 rings (SSSR count). The molecule has 13 N–H and O–H groups in total. The third kappa shape index (κ3) is 17.1. The number of hydrogen-bond donors (Lipinski definition) is 13. The number of nitrogens with one attached hydrogen (secondary N) is 2. The van der Waals surface area contributed by atoms with Crippen molar-refractivity contribution in [2.45, 2.75) is 137 Å². The maximum absolute atomic E-state index is 13.0. The normalized spacial score (nSPS) is 37.6. The zero-order chi connectivity index (χ0) is 53.8. The van der Waals surface area contributed by atoms with Crippen LogP contribution in [0.5, 0.6) is 0 Å². The van der Waals surface area contributed by atoms with Gasteiger partial charge in [0.25, 0.3) is 0 Å². The fourth-order valence-corrected chi connectivity index (χ4v) is 8.59. The molecule has 0 radical (unpaired) electrons. The second-order valence-electron chi connectivity index (χ2n) is 14.9. The van der Waals surface area contributed by atoms with Crippen molar-refractivity contribution in [3.05, 3.63) is 12.7 Å². The molecule has 20 atom stereocenters. The molecule has 0 aromatic rings. The zero-order valence-electron chi connectivity index (χ0n) is 36.3. The lowest BCUT2D eigenvalue weighted by Crippen LogP contribution is -2.71. The highest BCUT2D eigenvalue weighted by Gasteiger charge is 2.59. The minimum absolute atomic E-state index is 0.196. The van der Waals surface area contributed by atoms with Gasteiger partial charge in [-0.3, -0.25) is 27.1 Å². The number of carbonyl (C=O) groups is 4. The SMILES string of the molecule is C=CCO[C@@H]1OC(COS(=O)(=O)O)[C@H](OSOOO)[C@H](O[C@@H]2OC(C(=O)O)[C@@H](O[C@@H]3OC(COS(=O)(=O)O)[C@H](OSOOO)[C@H](O[C@@H]4OC(C(=O)O)[C@@H](O)[C@H](O)C4O)C3NC(C)=O)[C@H](O)C2O)C1NC(C)=O. The summed E-state index contributed by atoms with van der Waals surface area (Å²) in [6, 6.07) is -3.76. The molecule has 72 heavy (non-hydrogen) atoms. The van der Waals surface area contributed by atoms with Crippen LogP contribution in [0.25, 0.3) is 0 Å². The molecule has 4 heterocycles. The van der Waals surface area contributed by atoms with Crippen molar-refractivity contribution >= 4 is 69.2 Å². The van der Waals surface area contributed by atoms with Crippen molar-refractivity contribution in [1.82, 2.24) is 10.6 Å². The second kappa shape index (κ2) is 27.8. The summed E-state index contributed by atoms with van der Waals surface area (Å²) in [5, 5.41) is 104. The number of aliphatic carboxylic acids is 2. The van der Waals surface area contributed by atoms with Gasteiger partial charge in [0.05, 0.1) is 19.8 Å². The van der Waals surface area contributed by atoms with E-state index in [4.69, 9.17) is 56.8 Å². The lowest BCUT2D eigenvalue weighted by atomic mass is 9.94. The highest BCUT2D eigenvalue weighted by atomic mass is 32.3. The number of carboxylic acid groups (broad SMARTS) is 2. The molecule has 0 aromatic carbocycles. The quantitative estimate of drug-likeness (QED) is 0.00908. The number of hydrogen-bond acceptors (Lipinski definition) is 33. The van der Waals surface area contributed by atoms with E-state index in [2.05, 4.69) is 44.3 Å². The molecule has 0 aromatic heterocycles. The molecule has 4 aliphatic rings. The van der Waals surface area contributed by atoms with E-state index >= 15 is 0 Å². The first-order valence-corrected chi connectivity index (χ1v) is 23.8. The van der Waals surface area contributed by atoms with E-state index in [9.17, 15) is 80.9 Å². The summed E-state index contributed by atoms with van der Waals surface area (Å²) in [6.45, 7) is 2.41. The predicted molar refractivity (Wildman–Crippen MR) is 215 cm³/mol. The standard InChI is InChI=1S/C31H48N2O35S4/c1-4-5-53-28-12(32-8(2)34)21(19(63-69-67-65-45)10(56-28)6-54-71(47,48)49)58-31-18(40)16(38)23(25(62-31)27(43)44)60-29-13(33-9(3)35)22(59-30-17(39)14(36)15(37)24(61-30)26(41)42)20(64-70-68-66-46)11(57-29)7-55-72(50,51)52/h4,10-25,28-31,36-40,45-46H,1,5-7H2,2-3H3,(H,32,34)(H,33,35)(H,41,42)(H,43,44)(H,47,48,49)(H,50,51,52)/t10?,11?,12?,13?,14-,15-,16+,17?,18?,19-,20-,21+,22+,23-,24?,25?,28+,29-,30+,31+/m0/s1. The average molecular weight is 1140 g/mol. The molecule has 2 amide bonds. The summed E-state index contributed by atoms with van der Waals surface area (Å²) in [7, 11) is -10.7. The predicted octanol–water partition coefficient (Wildman–Crippen LogP) is -6.39. The topological polar surface area (TPSA) is 531 Å². The van der Waals surface area contributed by atoms with Gasteiger partial charge in [0.1, 0.15) is 85.3 Å². The van der Waals surface area contributed by atoms with Crippen molar-refractivity contribution in [1.29, 1.82) is 0 Å². The maximum atomic E-state index is 13.0. The first-order valence-electron chi connectivity index (χ1n) is 19.8. The van der Waals surface area contributed by atoms with Crippen LogP contribution in [0.3, 0.4) is 0 Å². The Morgan fingerprint density at radius 1 is 0.583 bits per heavy atom. The number of ether oxygens (including phenoxy) is 8. The van der Waals surface area contributed by atoms with E-state index in [1.54, 1.807) is 0 Å². The molecule has 8 unspecified atom stereocenters. The lowest BCUT2D eigenvalue weighted by molar-refractivity contribution is -0.435. The van der Waals surface area contributed by atoms with Crippen LogP contribution in [-0.2, 0) is 113 Å². The van der Waals surface area contributed by atoms with Crippen molar-refractivity contribution < 1.29 is 165 Å². The largest absolute Gasteiger partial charge is 0.479 e. The second-order valence-corrected chi connectivity index (χ2v) is 18.0. The molecular weight excluding hydrogens is 1090 g/mol. The molecule has 0 aliphatic carbocycles. The summed E-state index contributed by atoms with van der Waals surface area (Å²) < 4.78 is 139. The summed E-state index contributed by atoms with van der Waals surface area (Å²) in [5.74, 6) is -5.88. The molecule has 4 aliphatic heterocycles. The summed E-state index contributed by atoms with van der Waals surface area (Å²) in [5.41, 5.74) is 0. The molecule has 0 bridgehead atoms. The number of carbonyl (C=O) groups excluding carboxylic acids is 2. The molecule has 4 fully saturated rings. The van der Waals surface area contributed by atoms with Gasteiger partial charge in [0.15, 0.2) is 62.0 Å². The number of carboxylic acids is 2. The van der Waals surface area contributed by atoms with Gasteiger partial charge >= 0.3 is 32.7 Å². The Balaban J connectivity index is 1.80. The van der Waals surface area contributed by atoms with E-state index in [-0.39, 0.29) is 31.3 Å². The van der Waals surface area contributed by atoms with Crippen LogP contribution in [0, 0.1) is 0 Å². The van der Waals surface area contributed by atoms with Crippen molar-refractivity contribution in [3.8, 4) is 0 Å². The Labute approximate surface area is 412 Å². The molecule has 0 spiro atoms. The fraction of sp³-hybridized carbons (Fsp3) is 0.806. The van der Waals surface area contributed by atoms with Crippen LogP contribution < -0.4 is 10.6 Å². The van der Waals surface area contributed by atoms with Gasteiger partial charge in [-0.15, -0.1) is 15.2 Å². The highest BCUT2D eigenvalue weighted by Crippen LogP contribution is 2.38. The minimum atomic E-state index is -5.42. The van der Waals surface area contributed by atoms with E-state index < -0.39 is 180 Å². The summed E-state index contributed by atoms with van der Waals surface area (Å²) in [4.78, 5) is 50.2. The van der Waals surface area contributed by atoms with Gasteiger partial charge in [0.2, 0.25) is 11.8 Å². The summed E-state index contributed by atoms with van der Waals surface area (Å²) in [6.07, 6.45) is -39.3. The third-order valence-electron chi connectivity index (χ3n) is 10.1. The van der Waals surface area contributed by atoms with Gasteiger partial charge in [-0.25, -0.2) is 28.5 Å². The smallest absolute Gasteiger partial charge is 0.397 e. The average Bonchev–Trinajstić information content (AvgIpc) is 3.28. The van der Waals surface area contributed by atoms with Gasteiger partial charge in [0, 0.05) is 13.8 Å². The van der Waals surface area contributed by atoms with Gasteiger partial charge < -0.3 is 84.3 Å². The Bertz CT molecular complexity index is 2030. The van der Waals surface area contributed by atoms with Crippen molar-refractivity contribution in [2.24, 2.45) is 0 Å². The Morgan fingerprint density at radius 2 is 1.00 bits per heavy atom. The maximum Gasteiger partial charge on any atom is 0.397 e. The monoisotopic (exact) mass is 1140 g/mol. The van der Waals surface area contributed by atoms with Crippen LogP contribution >= 0.6 is 24.6 Å². The van der Waals surface area contributed by atoms with Crippen molar-refractivity contribution in [2.75, 3.05) is 19.8 Å². The van der Waals surface area contributed by atoms with Gasteiger partial charge in [-0.2, -0.15) is 16.8 Å².